The summed E-state index contributed by atoms with van der Waals surface area (Å²) in [7, 11) is 0. The third-order valence-corrected chi connectivity index (χ3v) is 1.38. The van der Waals surface area contributed by atoms with Crippen LogP contribution in [0.15, 0.2) is 0 Å². The first-order valence-electron chi connectivity index (χ1n) is 2.26. The van der Waals surface area contributed by atoms with Gasteiger partial charge in [0.05, 0.1) is 0 Å². The summed E-state index contributed by atoms with van der Waals surface area (Å²) in [5, 5.41) is 0.394. The zero-order valence-electron chi connectivity index (χ0n) is 4.27. The maximum Gasteiger partial charge on any atom is 0.0177 e. The Kier molecular flexibility index (Phi) is 3.74. The van der Waals surface area contributed by atoms with E-state index in [1.165, 1.54) is 0 Å². The highest BCUT2D eigenvalue weighted by atomic mass is 32.1. The maximum atomic E-state index is 4.88. The molecule has 0 aliphatic carbocycles. The van der Waals surface area contributed by atoms with Gasteiger partial charge in [-0.25, -0.2) is 0 Å². The fraction of sp³-hybridized carbons (Fsp3) is 0.800. The van der Waals surface area contributed by atoms with Crippen LogP contribution in [-0.4, -0.2) is 5.25 Å². The molecule has 0 aliphatic rings. The van der Waals surface area contributed by atoms with E-state index in [4.69, 9.17) is 12.6 Å². The van der Waals surface area contributed by atoms with Gasteiger partial charge < -0.3 is 0 Å². The molecule has 1 unspecified atom stereocenters. The second-order valence-corrected chi connectivity index (χ2v) is 1.89. The third-order valence-electron chi connectivity index (χ3n) is 0.774. The van der Waals surface area contributed by atoms with Gasteiger partial charge in [-0.15, -0.1) is 0 Å². The van der Waals surface area contributed by atoms with Crippen molar-refractivity contribution in [2.45, 2.75) is 25.5 Å². The third kappa shape index (κ3) is 2.58. The minimum absolute atomic E-state index is 0.394. The summed E-state index contributed by atoms with van der Waals surface area (Å²) in [6.07, 6.45) is 3.13. The van der Waals surface area contributed by atoms with E-state index in [0.717, 1.165) is 6.42 Å². The van der Waals surface area contributed by atoms with Crippen LogP contribution in [0.5, 0.6) is 0 Å². The first-order chi connectivity index (χ1) is 2.81. The Bertz CT molecular complexity index is 23.1. The Balaban J connectivity index is 2.75. The molecule has 0 aromatic rings. The first kappa shape index (κ1) is 6.35. The van der Waals surface area contributed by atoms with E-state index in [-0.39, 0.29) is 0 Å². The lowest BCUT2D eigenvalue weighted by Gasteiger charge is -1.95. The van der Waals surface area contributed by atoms with Crippen molar-refractivity contribution >= 4 is 12.6 Å². The van der Waals surface area contributed by atoms with Gasteiger partial charge in [-0.05, 0) is 12.8 Å². The number of rotatable bonds is 2. The van der Waals surface area contributed by atoms with E-state index in [1.807, 2.05) is 13.3 Å². The van der Waals surface area contributed by atoms with E-state index < -0.39 is 0 Å². The van der Waals surface area contributed by atoms with Crippen LogP contribution in [0.25, 0.3) is 0 Å². The van der Waals surface area contributed by atoms with Crippen molar-refractivity contribution < 1.29 is 0 Å². The van der Waals surface area contributed by atoms with E-state index in [9.17, 15) is 0 Å². The fourth-order valence-electron chi connectivity index (χ4n) is 0.236. The summed E-state index contributed by atoms with van der Waals surface area (Å²) in [5.41, 5.74) is 0. The zero-order chi connectivity index (χ0) is 4.99. The minimum atomic E-state index is 0.394. The van der Waals surface area contributed by atoms with Gasteiger partial charge in [0.1, 0.15) is 0 Å². The fourth-order valence-corrected chi connectivity index (χ4v) is 0.236. The van der Waals surface area contributed by atoms with Crippen LogP contribution >= 0.6 is 12.6 Å². The molecule has 0 aromatic heterocycles. The molecule has 0 aromatic carbocycles. The molecule has 0 fully saturated rings. The van der Waals surface area contributed by atoms with Gasteiger partial charge in [0, 0.05) is 5.25 Å². The highest BCUT2D eigenvalue weighted by Crippen LogP contribution is 2.01. The molecule has 0 saturated carbocycles. The second-order valence-electron chi connectivity index (χ2n) is 1.28. The lowest BCUT2D eigenvalue weighted by Crippen LogP contribution is -1.90. The Morgan fingerprint density at radius 2 is 2.33 bits per heavy atom. The first-order valence-corrected chi connectivity index (χ1v) is 2.73. The van der Waals surface area contributed by atoms with Gasteiger partial charge in [0.25, 0.3) is 0 Å². The molecule has 0 heterocycles. The van der Waals surface area contributed by atoms with E-state index in [0.29, 0.717) is 5.25 Å². The van der Waals surface area contributed by atoms with Crippen LogP contribution in [0.3, 0.4) is 0 Å². The molecule has 0 aliphatic heterocycles. The van der Waals surface area contributed by atoms with E-state index >= 15 is 0 Å². The average Bonchev–Trinajstić information content (AvgIpc) is 1.65. The zero-order valence-corrected chi connectivity index (χ0v) is 5.09. The largest absolute Gasteiger partial charge is 0.0902 e. The van der Waals surface area contributed by atoms with Crippen LogP contribution in [-0.2, 0) is 0 Å². The van der Waals surface area contributed by atoms with Gasteiger partial charge in [-0.1, -0.05) is 26.5 Å². The van der Waals surface area contributed by atoms with Gasteiger partial charge in [-0.3, -0.25) is 0 Å². The number of hydrogen-bond donors (Lipinski definition) is 0. The Labute approximate surface area is 45.4 Å². The highest BCUT2D eigenvalue weighted by Gasteiger charge is 1.91. The highest BCUT2D eigenvalue weighted by molar-refractivity contribution is 7.81. The molecule has 0 saturated heterocycles. The molecule has 6 heavy (non-hydrogen) atoms. The summed E-state index contributed by atoms with van der Waals surface area (Å²) in [4.78, 5) is 0. The van der Waals surface area contributed by atoms with Gasteiger partial charge in [0.2, 0.25) is 0 Å². The molecule has 0 N–H and O–H groups in total. The van der Waals surface area contributed by atoms with Crippen molar-refractivity contribution in [2.75, 3.05) is 0 Å². The summed E-state index contributed by atoms with van der Waals surface area (Å²) in [5.74, 6) is 0. The van der Waals surface area contributed by atoms with E-state index in [1.54, 1.807) is 0 Å². The van der Waals surface area contributed by atoms with Crippen molar-refractivity contribution in [1.29, 1.82) is 0 Å². The smallest absolute Gasteiger partial charge is 0.0177 e. The van der Waals surface area contributed by atoms with Crippen molar-refractivity contribution in [3.8, 4) is 0 Å². The Morgan fingerprint density at radius 3 is 2.33 bits per heavy atom. The molecule has 0 bridgehead atoms. The summed E-state index contributed by atoms with van der Waals surface area (Å²) >= 11 is 4.88. The standard InChI is InChI=1S/C5H10S/c1-3-5(6)4-2/h3,5H,4H2,1-2H3. The van der Waals surface area contributed by atoms with Gasteiger partial charge in [0.15, 0.2) is 0 Å². The predicted molar refractivity (Wildman–Crippen MR) is 31.6 cm³/mol. The summed E-state index contributed by atoms with van der Waals surface area (Å²) < 4.78 is 0. The summed E-state index contributed by atoms with van der Waals surface area (Å²) in [6, 6.07) is 0. The van der Waals surface area contributed by atoms with Crippen molar-refractivity contribution in [2.24, 2.45) is 0 Å². The van der Waals surface area contributed by atoms with Crippen molar-refractivity contribution in [3.05, 3.63) is 6.42 Å². The molecule has 0 nitrogen and oxygen atoms in total. The van der Waals surface area contributed by atoms with Crippen LogP contribution in [0.2, 0.25) is 0 Å². The van der Waals surface area contributed by atoms with Gasteiger partial charge in [-0.2, -0.15) is 0 Å². The molecule has 0 rings (SSSR count). The molecule has 1 atom stereocenters. The monoisotopic (exact) mass is 102 g/mol. The lowest BCUT2D eigenvalue weighted by molar-refractivity contribution is 0.927. The average molecular weight is 102 g/mol. The normalized spacial score (nSPS) is 10.0. The quantitative estimate of drug-likeness (QED) is 0.501. The molecule has 1 heteroatoms. The van der Waals surface area contributed by atoms with E-state index in [2.05, 4.69) is 6.92 Å². The molecule has 36 valence electrons. The molecule has 0 amide bonds. The minimum Gasteiger partial charge on any atom is -0.0902 e. The second kappa shape index (κ2) is 3.54. The Hall–Kier alpha value is 0.350. The molecule has 2 radical (unpaired) electrons. The lowest BCUT2D eigenvalue weighted by atomic mass is 10.3. The molecule has 0 spiro atoms. The van der Waals surface area contributed by atoms with Crippen LogP contribution in [0.1, 0.15) is 20.3 Å². The van der Waals surface area contributed by atoms with Crippen LogP contribution < -0.4 is 0 Å². The van der Waals surface area contributed by atoms with Crippen molar-refractivity contribution in [1.82, 2.24) is 0 Å². The topological polar surface area (TPSA) is 0 Å². The maximum absolute atomic E-state index is 4.88. The predicted octanol–water partition coefficient (Wildman–Crippen LogP) is 2.19. The molecular formula is C5H10S. The molecular weight excluding hydrogens is 92.1 g/mol. The van der Waals surface area contributed by atoms with Crippen molar-refractivity contribution in [3.63, 3.8) is 0 Å². The van der Waals surface area contributed by atoms with Gasteiger partial charge >= 0.3 is 0 Å². The van der Waals surface area contributed by atoms with Crippen LogP contribution in [0.4, 0.5) is 0 Å². The summed E-state index contributed by atoms with van der Waals surface area (Å²) in [6.45, 7) is 4.10. The number of hydrogen-bond acceptors (Lipinski definition) is 0. The Morgan fingerprint density at radius 1 is 1.83 bits per heavy atom. The SMILES string of the molecule is C[CH]C([S])CC. The van der Waals surface area contributed by atoms with Crippen LogP contribution in [0, 0.1) is 6.42 Å².